The molecule has 2 heteroatoms. The summed E-state index contributed by atoms with van der Waals surface area (Å²) in [5.74, 6) is 0.468. The first-order valence-electron chi connectivity index (χ1n) is 6.97. The first kappa shape index (κ1) is 13.0. The van der Waals surface area contributed by atoms with Crippen LogP contribution in [0.2, 0.25) is 0 Å². The lowest BCUT2D eigenvalue weighted by Gasteiger charge is -2.40. The summed E-state index contributed by atoms with van der Waals surface area (Å²) in [5, 5.41) is 13.2. The second kappa shape index (κ2) is 5.44. The highest BCUT2D eigenvalue weighted by molar-refractivity contribution is 5.54. The number of benzene rings is 1. The number of anilines is 1. The number of rotatable bonds is 3. The van der Waals surface area contributed by atoms with Gasteiger partial charge in [-0.15, -0.1) is 0 Å². The molecule has 2 unspecified atom stereocenters. The van der Waals surface area contributed by atoms with Crippen molar-refractivity contribution >= 4 is 5.69 Å². The molecule has 0 bridgehead atoms. The topological polar surface area (TPSA) is 35.8 Å². The number of hydrogen-bond acceptors (Lipinski definition) is 2. The van der Waals surface area contributed by atoms with Crippen LogP contribution in [-0.2, 0) is 0 Å². The van der Waals surface area contributed by atoms with E-state index in [0.717, 1.165) is 24.9 Å². The molecule has 2 nitrogen and oxygen atoms in total. The zero-order chi connectivity index (χ0) is 13.0. The molecule has 1 saturated carbocycles. The van der Waals surface area contributed by atoms with Gasteiger partial charge in [-0.3, -0.25) is 0 Å². The molecule has 2 atom stereocenters. The van der Waals surface area contributed by atoms with Crippen molar-refractivity contribution in [1.29, 1.82) is 5.26 Å². The van der Waals surface area contributed by atoms with Crippen molar-refractivity contribution < 1.29 is 0 Å². The maximum atomic E-state index is 9.68. The molecule has 18 heavy (non-hydrogen) atoms. The maximum absolute atomic E-state index is 9.68. The molecule has 0 amide bonds. The predicted molar refractivity (Wildman–Crippen MR) is 75.4 cm³/mol. The van der Waals surface area contributed by atoms with Crippen LogP contribution in [0.3, 0.4) is 0 Å². The maximum Gasteiger partial charge on any atom is 0.128 e. The molecular weight excluding hydrogens is 220 g/mol. The van der Waals surface area contributed by atoms with Gasteiger partial charge in [-0.05, 0) is 37.3 Å². The predicted octanol–water partition coefficient (Wildman–Crippen LogP) is 4.27. The number of nitrogens with zero attached hydrogens (tertiary/aromatic N) is 1. The first-order valence-corrected chi connectivity index (χ1v) is 6.97. The Kier molecular flexibility index (Phi) is 3.91. The summed E-state index contributed by atoms with van der Waals surface area (Å²) in [6, 6.07) is 10.8. The molecule has 1 aliphatic carbocycles. The van der Waals surface area contributed by atoms with Gasteiger partial charge < -0.3 is 5.32 Å². The van der Waals surface area contributed by atoms with E-state index < -0.39 is 0 Å². The highest BCUT2D eigenvalue weighted by Crippen LogP contribution is 2.38. The average molecular weight is 242 g/mol. The molecular formula is C16H22N2. The van der Waals surface area contributed by atoms with Crippen molar-refractivity contribution in [2.75, 3.05) is 5.32 Å². The molecule has 1 N–H and O–H groups in total. The third kappa shape index (κ3) is 2.36. The van der Waals surface area contributed by atoms with Gasteiger partial charge in [0.05, 0.1) is 6.07 Å². The second-order valence-corrected chi connectivity index (χ2v) is 5.37. The standard InChI is InChI=1S/C16H22N2/c1-3-14-9-6-7-11-16(14,12-17)18-15-10-5-4-8-13(15)2/h4-5,8,10,14,18H,3,6-7,9,11H2,1-2H3. The van der Waals surface area contributed by atoms with Crippen molar-refractivity contribution in [3.05, 3.63) is 29.8 Å². The van der Waals surface area contributed by atoms with Crippen molar-refractivity contribution in [1.82, 2.24) is 0 Å². The van der Waals surface area contributed by atoms with Crippen LogP contribution in [-0.4, -0.2) is 5.54 Å². The van der Waals surface area contributed by atoms with Crippen LogP contribution in [0.5, 0.6) is 0 Å². The van der Waals surface area contributed by atoms with Gasteiger partial charge in [0.25, 0.3) is 0 Å². The summed E-state index contributed by atoms with van der Waals surface area (Å²) in [6.07, 6.45) is 5.63. The van der Waals surface area contributed by atoms with E-state index in [1.54, 1.807) is 0 Å². The highest BCUT2D eigenvalue weighted by Gasteiger charge is 2.40. The van der Waals surface area contributed by atoms with E-state index in [0.29, 0.717) is 5.92 Å². The number of hydrogen-bond donors (Lipinski definition) is 1. The lowest BCUT2D eigenvalue weighted by atomic mass is 9.72. The molecule has 96 valence electrons. The van der Waals surface area contributed by atoms with E-state index in [9.17, 15) is 5.26 Å². The van der Waals surface area contributed by atoms with Gasteiger partial charge in [0.15, 0.2) is 0 Å². The Hall–Kier alpha value is -1.49. The van der Waals surface area contributed by atoms with Crippen LogP contribution in [0.4, 0.5) is 5.69 Å². The van der Waals surface area contributed by atoms with Gasteiger partial charge in [0.2, 0.25) is 0 Å². The van der Waals surface area contributed by atoms with Crippen LogP contribution in [0.1, 0.15) is 44.6 Å². The summed E-state index contributed by atoms with van der Waals surface area (Å²) in [5.41, 5.74) is 1.96. The van der Waals surface area contributed by atoms with Gasteiger partial charge in [-0.25, -0.2) is 0 Å². The SMILES string of the molecule is CCC1CCCCC1(C#N)Nc1ccccc1C. The third-order valence-electron chi connectivity index (χ3n) is 4.27. The Labute approximate surface area is 110 Å². The molecule has 1 aromatic carbocycles. The Bertz CT molecular complexity index is 447. The fourth-order valence-corrected chi connectivity index (χ4v) is 3.09. The average Bonchev–Trinajstić information content (AvgIpc) is 2.42. The molecule has 0 saturated heterocycles. The summed E-state index contributed by atoms with van der Waals surface area (Å²) in [4.78, 5) is 0. The van der Waals surface area contributed by atoms with E-state index in [4.69, 9.17) is 0 Å². The minimum Gasteiger partial charge on any atom is -0.367 e. The van der Waals surface area contributed by atoms with Gasteiger partial charge >= 0.3 is 0 Å². The Morgan fingerprint density at radius 2 is 2.17 bits per heavy atom. The molecule has 1 aromatic rings. The monoisotopic (exact) mass is 242 g/mol. The van der Waals surface area contributed by atoms with Crippen LogP contribution in [0, 0.1) is 24.2 Å². The Morgan fingerprint density at radius 3 is 2.83 bits per heavy atom. The summed E-state index contributed by atoms with van der Waals surface area (Å²) in [7, 11) is 0. The van der Waals surface area contributed by atoms with Crippen LogP contribution in [0.15, 0.2) is 24.3 Å². The normalized spacial score (nSPS) is 27.5. The molecule has 0 aliphatic heterocycles. The minimum absolute atomic E-state index is 0.362. The highest BCUT2D eigenvalue weighted by atomic mass is 15.0. The molecule has 0 spiro atoms. The van der Waals surface area contributed by atoms with E-state index in [1.165, 1.54) is 18.4 Å². The van der Waals surface area contributed by atoms with Crippen LogP contribution >= 0.6 is 0 Å². The first-order chi connectivity index (χ1) is 8.72. The fraction of sp³-hybridized carbons (Fsp3) is 0.562. The van der Waals surface area contributed by atoms with E-state index in [-0.39, 0.29) is 5.54 Å². The summed E-state index contributed by atoms with van der Waals surface area (Å²) >= 11 is 0. The minimum atomic E-state index is -0.362. The van der Waals surface area contributed by atoms with Crippen LogP contribution in [0.25, 0.3) is 0 Å². The molecule has 1 fully saturated rings. The van der Waals surface area contributed by atoms with Gasteiger partial charge in [-0.2, -0.15) is 5.26 Å². The van der Waals surface area contributed by atoms with E-state index in [1.807, 2.05) is 12.1 Å². The summed E-state index contributed by atoms with van der Waals surface area (Å²) in [6.45, 7) is 4.29. The number of nitriles is 1. The number of para-hydroxylation sites is 1. The molecule has 0 heterocycles. The lowest BCUT2D eigenvalue weighted by molar-refractivity contribution is 0.258. The van der Waals surface area contributed by atoms with Crippen molar-refractivity contribution in [3.8, 4) is 6.07 Å². The molecule has 1 aliphatic rings. The number of nitrogens with one attached hydrogen (secondary N) is 1. The Morgan fingerprint density at radius 1 is 1.39 bits per heavy atom. The van der Waals surface area contributed by atoms with E-state index >= 15 is 0 Å². The van der Waals surface area contributed by atoms with Crippen LogP contribution < -0.4 is 5.32 Å². The smallest absolute Gasteiger partial charge is 0.128 e. The fourth-order valence-electron chi connectivity index (χ4n) is 3.09. The van der Waals surface area contributed by atoms with Gasteiger partial charge in [0.1, 0.15) is 5.54 Å². The molecule has 2 rings (SSSR count). The van der Waals surface area contributed by atoms with Crippen molar-refractivity contribution in [3.63, 3.8) is 0 Å². The largest absolute Gasteiger partial charge is 0.367 e. The molecule has 0 radical (unpaired) electrons. The lowest BCUT2D eigenvalue weighted by Crippen LogP contribution is -2.46. The van der Waals surface area contributed by atoms with Gasteiger partial charge in [0, 0.05) is 5.69 Å². The van der Waals surface area contributed by atoms with Crippen molar-refractivity contribution in [2.45, 2.75) is 51.5 Å². The Balaban J connectivity index is 2.28. The quantitative estimate of drug-likeness (QED) is 0.859. The second-order valence-electron chi connectivity index (χ2n) is 5.37. The number of aryl methyl sites for hydroxylation is 1. The zero-order valence-corrected chi connectivity index (χ0v) is 11.4. The van der Waals surface area contributed by atoms with Gasteiger partial charge in [-0.1, -0.05) is 44.4 Å². The summed E-state index contributed by atoms with van der Waals surface area (Å²) < 4.78 is 0. The van der Waals surface area contributed by atoms with E-state index in [2.05, 4.69) is 37.4 Å². The molecule has 0 aromatic heterocycles. The zero-order valence-electron chi connectivity index (χ0n) is 11.4. The third-order valence-corrected chi connectivity index (χ3v) is 4.27. The van der Waals surface area contributed by atoms with Crippen molar-refractivity contribution in [2.24, 2.45) is 5.92 Å².